The second-order valence-corrected chi connectivity index (χ2v) is 3.54. The molecule has 2 saturated heterocycles. The molecule has 2 heterocycles. The van der Waals surface area contributed by atoms with Gasteiger partial charge in [-0.3, -0.25) is 0 Å². The van der Waals surface area contributed by atoms with Gasteiger partial charge in [-0.15, -0.1) is 0 Å². The molecule has 0 atom stereocenters. The molecule has 0 saturated carbocycles. The first-order chi connectivity index (χ1) is 3.45. The van der Waals surface area contributed by atoms with E-state index in [1.54, 1.807) is 0 Å². The molecule has 2 radical (unpaired) electrons. The van der Waals surface area contributed by atoms with E-state index in [1.807, 2.05) is 0 Å². The summed E-state index contributed by atoms with van der Waals surface area (Å²) in [5, 5.41) is 0. The van der Waals surface area contributed by atoms with Crippen molar-refractivity contribution >= 4 is 9.84 Å². The zero-order valence-corrected chi connectivity index (χ0v) is 5.22. The zero-order valence-electron chi connectivity index (χ0n) is 4.22. The van der Waals surface area contributed by atoms with Crippen LogP contribution in [0.2, 0.25) is 0 Å². The standard InChI is InChI=1S/C4H8N2Si/c1-2-6-4-3-5(1)7-6/h1-4H2. The van der Waals surface area contributed by atoms with Crippen molar-refractivity contribution in [1.29, 1.82) is 0 Å². The number of rotatable bonds is 0. The Morgan fingerprint density at radius 1 is 0.857 bits per heavy atom. The van der Waals surface area contributed by atoms with Crippen molar-refractivity contribution in [2.45, 2.75) is 0 Å². The van der Waals surface area contributed by atoms with Gasteiger partial charge in [0.15, 0.2) is 0 Å². The van der Waals surface area contributed by atoms with Crippen molar-refractivity contribution in [3.8, 4) is 0 Å². The van der Waals surface area contributed by atoms with Crippen molar-refractivity contribution < 1.29 is 0 Å². The van der Waals surface area contributed by atoms with Gasteiger partial charge in [-0.25, -0.2) is 0 Å². The maximum absolute atomic E-state index is 2.51. The van der Waals surface area contributed by atoms with Crippen molar-refractivity contribution in [1.82, 2.24) is 9.13 Å². The Hall–Kier alpha value is 0.137. The summed E-state index contributed by atoms with van der Waals surface area (Å²) >= 11 is 0. The predicted molar refractivity (Wildman–Crippen MR) is 28.9 cm³/mol. The van der Waals surface area contributed by atoms with Crippen LogP contribution in [-0.2, 0) is 0 Å². The molecular formula is C4H8N2Si. The first kappa shape index (κ1) is 4.06. The van der Waals surface area contributed by atoms with Crippen LogP contribution in [-0.4, -0.2) is 45.2 Å². The number of piperazine rings is 1. The van der Waals surface area contributed by atoms with Gasteiger partial charge in [0.2, 0.25) is 0 Å². The highest BCUT2D eigenvalue weighted by Crippen LogP contribution is 2.07. The Morgan fingerprint density at radius 3 is 1.43 bits per heavy atom. The van der Waals surface area contributed by atoms with Crippen molar-refractivity contribution in [2.24, 2.45) is 0 Å². The Kier molecular flexibility index (Phi) is 0.757. The lowest BCUT2D eigenvalue weighted by Gasteiger charge is -2.11. The Balaban J connectivity index is 2.12. The molecule has 0 aliphatic carbocycles. The molecule has 0 aromatic carbocycles. The lowest BCUT2D eigenvalue weighted by molar-refractivity contribution is 0.382. The van der Waals surface area contributed by atoms with E-state index in [-0.39, 0.29) is 0 Å². The van der Waals surface area contributed by atoms with Crippen molar-refractivity contribution in [3.63, 3.8) is 0 Å². The molecule has 2 aliphatic rings. The maximum atomic E-state index is 2.51. The minimum absolute atomic E-state index is 1.03. The normalized spacial score (nSPS) is 48.0. The van der Waals surface area contributed by atoms with Crippen LogP contribution in [0.15, 0.2) is 0 Å². The lowest BCUT2D eigenvalue weighted by Crippen LogP contribution is -2.24. The van der Waals surface area contributed by atoms with E-state index in [1.165, 1.54) is 26.2 Å². The van der Waals surface area contributed by atoms with Crippen LogP contribution in [0, 0.1) is 0 Å². The fourth-order valence-electron chi connectivity index (χ4n) is 1.11. The molecule has 2 fully saturated rings. The second-order valence-electron chi connectivity index (χ2n) is 2.07. The van der Waals surface area contributed by atoms with E-state index < -0.39 is 0 Å². The van der Waals surface area contributed by atoms with Gasteiger partial charge >= 0.3 is 0 Å². The van der Waals surface area contributed by atoms with E-state index in [0.29, 0.717) is 0 Å². The maximum Gasteiger partial charge on any atom is 0.251 e. The number of nitrogens with zero attached hydrogens (tertiary/aromatic N) is 2. The highest BCUT2D eigenvalue weighted by atomic mass is 28.2. The minimum Gasteiger partial charge on any atom is -0.310 e. The Labute approximate surface area is 46.1 Å². The van der Waals surface area contributed by atoms with Crippen LogP contribution in [0.4, 0.5) is 0 Å². The average Bonchev–Trinajstić information content (AvgIpc) is 2.22. The van der Waals surface area contributed by atoms with Crippen LogP contribution >= 0.6 is 0 Å². The van der Waals surface area contributed by atoms with E-state index >= 15 is 0 Å². The zero-order chi connectivity index (χ0) is 4.69. The summed E-state index contributed by atoms with van der Waals surface area (Å²) in [5.41, 5.74) is 0. The van der Waals surface area contributed by atoms with Gasteiger partial charge in [-0.1, -0.05) is 0 Å². The Bertz CT molecular complexity index is 67.8. The molecule has 0 spiro atoms. The molecule has 0 amide bonds. The van der Waals surface area contributed by atoms with Gasteiger partial charge in [-0.2, -0.15) is 0 Å². The third-order valence-corrected chi connectivity index (χ3v) is 3.02. The fourth-order valence-corrected chi connectivity index (χ4v) is 2.31. The monoisotopic (exact) mass is 112 g/mol. The number of hydrogen-bond donors (Lipinski definition) is 0. The predicted octanol–water partition coefficient (Wildman–Crippen LogP) is -0.848. The molecule has 0 aromatic heterocycles. The van der Waals surface area contributed by atoms with Crippen molar-refractivity contribution in [2.75, 3.05) is 26.2 Å². The average molecular weight is 112 g/mol. The summed E-state index contributed by atoms with van der Waals surface area (Å²) in [4.78, 5) is 0. The molecule has 3 heteroatoms. The van der Waals surface area contributed by atoms with Gasteiger partial charge in [0.05, 0.1) is 0 Å². The molecule has 0 aromatic rings. The summed E-state index contributed by atoms with van der Waals surface area (Å²) in [6.07, 6.45) is 0. The van der Waals surface area contributed by atoms with Gasteiger partial charge in [0.25, 0.3) is 9.84 Å². The smallest absolute Gasteiger partial charge is 0.251 e. The highest BCUT2D eigenvalue weighted by Gasteiger charge is 2.27. The molecular weight excluding hydrogens is 104 g/mol. The molecule has 2 bridgehead atoms. The summed E-state index contributed by atoms with van der Waals surface area (Å²) in [7, 11) is 1.03. The van der Waals surface area contributed by atoms with Crippen LogP contribution < -0.4 is 0 Å². The van der Waals surface area contributed by atoms with Gasteiger partial charge in [0, 0.05) is 26.2 Å². The second kappa shape index (κ2) is 1.31. The van der Waals surface area contributed by atoms with Crippen LogP contribution in [0.25, 0.3) is 0 Å². The Morgan fingerprint density at radius 2 is 1.29 bits per heavy atom. The van der Waals surface area contributed by atoms with E-state index in [4.69, 9.17) is 0 Å². The first-order valence-electron chi connectivity index (χ1n) is 2.71. The topological polar surface area (TPSA) is 6.48 Å². The van der Waals surface area contributed by atoms with Crippen molar-refractivity contribution in [3.05, 3.63) is 0 Å². The number of hydrogen-bond acceptors (Lipinski definition) is 2. The SMILES string of the molecule is C1CN2CCN1[Si]2. The molecule has 0 N–H and O–H groups in total. The molecule has 2 aliphatic heterocycles. The molecule has 0 unspecified atom stereocenters. The summed E-state index contributed by atoms with van der Waals surface area (Å²) < 4.78 is 5.03. The molecule has 7 heavy (non-hydrogen) atoms. The lowest BCUT2D eigenvalue weighted by atomic mass is 10.4. The van der Waals surface area contributed by atoms with Crippen LogP contribution in [0.3, 0.4) is 0 Å². The van der Waals surface area contributed by atoms with Gasteiger partial charge in [0.1, 0.15) is 0 Å². The van der Waals surface area contributed by atoms with Gasteiger partial charge < -0.3 is 9.13 Å². The van der Waals surface area contributed by atoms with E-state index in [9.17, 15) is 0 Å². The third-order valence-electron chi connectivity index (χ3n) is 1.56. The molecule has 38 valence electrons. The van der Waals surface area contributed by atoms with E-state index in [0.717, 1.165) is 9.84 Å². The summed E-state index contributed by atoms with van der Waals surface area (Å²) in [5.74, 6) is 0. The summed E-state index contributed by atoms with van der Waals surface area (Å²) in [6, 6.07) is 0. The quantitative estimate of drug-likeness (QED) is 0.377. The summed E-state index contributed by atoms with van der Waals surface area (Å²) in [6.45, 7) is 5.33. The highest BCUT2D eigenvalue weighted by molar-refractivity contribution is 6.30. The van der Waals surface area contributed by atoms with Crippen LogP contribution in [0.1, 0.15) is 0 Å². The molecule has 2 rings (SSSR count). The molecule has 2 nitrogen and oxygen atoms in total. The number of fused-ring (bicyclic) bond motifs is 2. The fraction of sp³-hybridized carbons (Fsp3) is 1.00. The van der Waals surface area contributed by atoms with E-state index in [2.05, 4.69) is 9.13 Å². The minimum atomic E-state index is 1.03. The van der Waals surface area contributed by atoms with Gasteiger partial charge in [-0.05, 0) is 0 Å². The van der Waals surface area contributed by atoms with Crippen LogP contribution in [0.5, 0.6) is 0 Å². The largest absolute Gasteiger partial charge is 0.310 e. The first-order valence-corrected chi connectivity index (χ1v) is 3.61. The third kappa shape index (κ3) is 0.526.